The molecule has 0 saturated heterocycles. The molecular formula is C11H14BrClN2O. The van der Waals surface area contributed by atoms with Crippen molar-refractivity contribution in [1.29, 1.82) is 0 Å². The fraction of sp³-hybridized carbons (Fsp3) is 0.364. The molecule has 1 aromatic carbocycles. The summed E-state index contributed by atoms with van der Waals surface area (Å²) in [5.74, 6) is -0.0102. The molecule has 2 N–H and O–H groups in total. The number of benzene rings is 1. The van der Waals surface area contributed by atoms with Gasteiger partial charge in [0.05, 0.1) is 5.69 Å². The summed E-state index contributed by atoms with van der Waals surface area (Å²) in [4.78, 5) is 11.5. The molecule has 5 heteroatoms. The van der Waals surface area contributed by atoms with E-state index in [0.717, 1.165) is 16.7 Å². The molecule has 0 saturated carbocycles. The molecule has 0 radical (unpaired) electrons. The molecule has 0 aliphatic rings. The Hall–Kier alpha value is -0.580. The molecular weight excluding hydrogens is 291 g/mol. The van der Waals surface area contributed by atoms with Gasteiger partial charge in [0, 0.05) is 22.5 Å². The van der Waals surface area contributed by atoms with Crippen LogP contribution in [0.1, 0.15) is 13.3 Å². The molecule has 1 amide bonds. The van der Waals surface area contributed by atoms with Crippen LogP contribution in [0.4, 0.5) is 5.69 Å². The van der Waals surface area contributed by atoms with E-state index in [1.807, 2.05) is 6.92 Å². The summed E-state index contributed by atoms with van der Waals surface area (Å²) in [6.45, 7) is 3.57. The minimum absolute atomic E-state index is 0.0102. The largest absolute Gasteiger partial charge is 0.325 e. The van der Waals surface area contributed by atoms with Crippen molar-refractivity contribution < 1.29 is 4.79 Å². The number of amides is 1. The van der Waals surface area contributed by atoms with Crippen LogP contribution in [0, 0.1) is 0 Å². The van der Waals surface area contributed by atoms with Crippen molar-refractivity contribution in [2.24, 2.45) is 0 Å². The molecule has 16 heavy (non-hydrogen) atoms. The summed E-state index contributed by atoms with van der Waals surface area (Å²) in [5.41, 5.74) is 0.742. The van der Waals surface area contributed by atoms with Gasteiger partial charge in [-0.05, 0) is 40.7 Å². The predicted molar refractivity (Wildman–Crippen MR) is 70.9 cm³/mol. The van der Waals surface area contributed by atoms with Gasteiger partial charge in [-0.1, -0.05) is 18.5 Å². The Balaban J connectivity index is 2.49. The van der Waals surface area contributed by atoms with E-state index >= 15 is 0 Å². The summed E-state index contributed by atoms with van der Waals surface area (Å²) < 4.78 is 0.789. The summed E-state index contributed by atoms with van der Waals surface area (Å²) in [6, 6.07) is 5.27. The summed E-state index contributed by atoms with van der Waals surface area (Å²) in [7, 11) is 0. The summed E-state index contributed by atoms with van der Waals surface area (Å²) in [5, 5.41) is 6.54. The van der Waals surface area contributed by atoms with Gasteiger partial charge in [0.15, 0.2) is 0 Å². The highest BCUT2D eigenvalue weighted by Gasteiger charge is 2.05. The smallest absolute Gasteiger partial charge is 0.225 e. The molecule has 1 aromatic rings. The van der Waals surface area contributed by atoms with Gasteiger partial charge >= 0.3 is 0 Å². The number of anilines is 1. The second kappa shape index (κ2) is 6.89. The average molecular weight is 306 g/mol. The van der Waals surface area contributed by atoms with Crippen molar-refractivity contribution in [1.82, 2.24) is 5.32 Å². The number of carbonyl (C=O) groups excluding carboxylic acids is 1. The van der Waals surface area contributed by atoms with Crippen molar-refractivity contribution in [3.8, 4) is 0 Å². The van der Waals surface area contributed by atoms with Gasteiger partial charge in [-0.15, -0.1) is 0 Å². The lowest BCUT2D eigenvalue weighted by atomic mass is 10.3. The Morgan fingerprint density at radius 1 is 1.50 bits per heavy atom. The van der Waals surface area contributed by atoms with Gasteiger partial charge in [-0.3, -0.25) is 4.79 Å². The molecule has 88 valence electrons. The predicted octanol–water partition coefficient (Wildman–Crippen LogP) is 3.04. The third kappa shape index (κ3) is 4.51. The highest BCUT2D eigenvalue weighted by atomic mass is 79.9. The third-order valence-corrected chi connectivity index (χ3v) is 2.88. The van der Waals surface area contributed by atoms with E-state index in [0.29, 0.717) is 18.0 Å². The van der Waals surface area contributed by atoms with E-state index < -0.39 is 0 Å². The van der Waals surface area contributed by atoms with Crippen LogP contribution in [0.15, 0.2) is 22.7 Å². The first-order chi connectivity index (χ1) is 7.63. The van der Waals surface area contributed by atoms with Crippen molar-refractivity contribution >= 4 is 39.1 Å². The lowest BCUT2D eigenvalue weighted by Gasteiger charge is -2.07. The maximum Gasteiger partial charge on any atom is 0.225 e. The Morgan fingerprint density at radius 2 is 2.25 bits per heavy atom. The van der Waals surface area contributed by atoms with E-state index in [-0.39, 0.29) is 5.91 Å². The van der Waals surface area contributed by atoms with E-state index in [2.05, 4.69) is 26.6 Å². The number of nitrogens with one attached hydrogen (secondary N) is 2. The van der Waals surface area contributed by atoms with Crippen LogP contribution < -0.4 is 10.6 Å². The minimum Gasteiger partial charge on any atom is -0.325 e. The molecule has 3 nitrogen and oxygen atoms in total. The van der Waals surface area contributed by atoms with E-state index in [4.69, 9.17) is 11.6 Å². The van der Waals surface area contributed by atoms with Crippen LogP contribution in [0.2, 0.25) is 5.02 Å². The van der Waals surface area contributed by atoms with E-state index in [1.54, 1.807) is 18.2 Å². The molecule has 0 aromatic heterocycles. The standard InChI is InChI=1S/C11H14BrClN2O/c1-2-14-6-5-11(16)15-10-4-3-8(13)7-9(10)12/h3-4,7,14H,2,5-6H2,1H3,(H,15,16). The zero-order valence-electron chi connectivity index (χ0n) is 9.02. The second-order valence-corrected chi connectivity index (χ2v) is 4.57. The zero-order valence-corrected chi connectivity index (χ0v) is 11.4. The Bertz CT molecular complexity index is 371. The molecule has 0 fully saturated rings. The van der Waals surface area contributed by atoms with Gasteiger partial charge in [0.25, 0.3) is 0 Å². The van der Waals surface area contributed by atoms with Gasteiger partial charge in [-0.25, -0.2) is 0 Å². The molecule has 0 heterocycles. The fourth-order valence-corrected chi connectivity index (χ4v) is 1.96. The molecule has 0 aliphatic carbocycles. The quantitative estimate of drug-likeness (QED) is 0.821. The van der Waals surface area contributed by atoms with E-state index in [1.165, 1.54) is 0 Å². The Kier molecular flexibility index (Phi) is 5.80. The number of hydrogen-bond acceptors (Lipinski definition) is 2. The minimum atomic E-state index is -0.0102. The Morgan fingerprint density at radius 3 is 2.88 bits per heavy atom. The van der Waals surface area contributed by atoms with Crippen LogP contribution in [0.3, 0.4) is 0 Å². The molecule has 1 rings (SSSR count). The van der Waals surface area contributed by atoms with Crippen molar-refractivity contribution in [2.45, 2.75) is 13.3 Å². The highest BCUT2D eigenvalue weighted by molar-refractivity contribution is 9.10. The van der Waals surface area contributed by atoms with Crippen LogP contribution in [0.25, 0.3) is 0 Å². The van der Waals surface area contributed by atoms with Gasteiger partial charge in [0.2, 0.25) is 5.91 Å². The van der Waals surface area contributed by atoms with E-state index in [9.17, 15) is 4.79 Å². The maximum absolute atomic E-state index is 11.5. The third-order valence-electron chi connectivity index (χ3n) is 1.98. The number of rotatable bonds is 5. The summed E-state index contributed by atoms with van der Waals surface area (Å²) in [6.07, 6.45) is 0.461. The molecule has 0 aliphatic heterocycles. The second-order valence-electron chi connectivity index (χ2n) is 3.28. The van der Waals surface area contributed by atoms with Gasteiger partial charge in [0.1, 0.15) is 0 Å². The van der Waals surface area contributed by atoms with Crippen LogP contribution in [-0.2, 0) is 4.79 Å². The Labute approximate surface area is 109 Å². The lowest BCUT2D eigenvalue weighted by Crippen LogP contribution is -2.21. The zero-order chi connectivity index (χ0) is 12.0. The van der Waals surface area contributed by atoms with Crippen molar-refractivity contribution in [3.05, 3.63) is 27.7 Å². The first-order valence-electron chi connectivity index (χ1n) is 5.09. The first kappa shape index (κ1) is 13.5. The monoisotopic (exact) mass is 304 g/mol. The van der Waals surface area contributed by atoms with Crippen LogP contribution in [-0.4, -0.2) is 19.0 Å². The molecule has 0 unspecified atom stereocenters. The number of hydrogen-bond donors (Lipinski definition) is 2. The molecule has 0 bridgehead atoms. The average Bonchev–Trinajstić information content (AvgIpc) is 2.23. The number of halogens is 2. The lowest BCUT2D eigenvalue weighted by molar-refractivity contribution is -0.116. The number of carbonyl (C=O) groups is 1. The van der Waals surface area contributed by atoms with Crippen molar-refractivity contribution in [2.75, 3.05) is 18.4 Å². The maximum atomic E-state index is 11.5. The highest BCUT2D eigenvalue weighted by Crippen LogP contribution is 2.25. The van der Waals surface area contributed by atoms with Crippen molar-refractivity contribution in [3.63, 3.8) is 0 Å². The normalized spacial score (nSPS) is 10.2. The topological polar surface area (TPSA) is 41.1 Å². The molecule has 0 atom stereocenters. The molecule has 0 spiro atoms. The summed E-state index contributed by atoms with van der Waals surface area (Å²) >= 11 is 9.15. The van der Waals surface area contributed by atoms with Crippen LogP contribution in [0.5, 0.6) is 0 Å². The fourth-order valence-electron chi connectivity index (χ4n) is 1.18. The first-order valence-corrected chi connectivity index (χ1v) is 6.26. The SMILES string of the molecule is CCNCCC(=O)Nc1ccc(Cl)cc1Br. The van der Waals surface area contributed by atoms with Gasteiger partial charge < -0.3 is 10.6 Å². The van der Waals surface area contributed by atoms with Gasteiger partial charge in [-0.2, -0.15) is 0 Å². The van der Waals surface area contributed by atoms with Crippen LogP contribution >= 0.6 is 27.5 Å².